The summed E-state index contributed by atoms with van der Waals surface area (Å²) >= 11 is 1.27. The first kappa shape index (κ1) is 15.4. The van der Waals surface area contributed by atoms with E-state index in [9.17, 15) is 19.2 Å². The number of carbonyl (C=O) groups is 3. The third-order valence-corrected chi connectivity index (χ3v) is 3.37. The van der Waals surface area contributed by atoms with E-state index < -0.39 is 36.0 Å². The summed E-state index contributed by atoms with van der Waals surface area (Å²) in [4.78, 5) is 45.6. The fourth-order valence-corrected chi connectivity index (χ4v) is 2.20. The van der Waals surface area contributed by atoms with Crippen LogP contribution in [0.15, 0.2) is 22.3 Å². The van der Waals surface area contributed by atoms with Crippen LogP contribution in [0.3, 0.4) is 0 Å². The average molecular weight is 325 g/mol. The molecule has 0 saturated carbocycles. The second-order valence-corrected chi connectivity index (χ2v) is 5.01. The largest absolute Gasteiger partial charge is 0.369 e. The molecule has 3 amide bonds. The second kappa shape index (κ2) is 6.17. The molecule has 0 radical (unpaired) electrons. The highest BCUT2D eigenvalue weighted by Gasteiger charge is 2.24. The van der Waals surface area contributed by atoms with Gasteiger partial charge in [0.15, 0.2) is 6.04 Å². The molecule has 12 heteroatoms. The Hall–Kier alpha value is -3.02. The Kier molecular flexibility index (Phi) is 4.31. The first-order valence-corrected chi connectivity index (χ1v) is 6.73. The molecule has 22 heavy (non-hydrogen) atoms. The van der Waals surface area contributed by atoms with Gasteiger partial charge in [-0.1, -0.05) is 0 Å². The van der Waals surface area contributed by atoms with Gasteiger partial charge in [0, 0.05) is 0 Å². The topological polar surface area (TPSA) is 168 Å². The lowest BCUT2D eigenvalue weighted by Crippen LogP contribution is -2.53. The normalized spacial score (nSPS) is 10.6. The van der Waals surface area contributed by atoms with Crippen molar-refractivity contribution < 1.29 is 14.4 Å². The fourth-order valence-electron chi connectivity index (χ4n) is 1.53. The van der Waals surface area contributed by atoms with Crippen LogP contribution in [0.25, 0.3) is 5.00 Å². The van der Waals surface area contributed by atoms with E-state index in [2.05, 4.69) is 10.4 Å². The highest BCUT2D eigenvalue weighted by Crippen LogP contribution is 2.10. The van der Waals surface area contributed by atoms with Crippen molar-refractivity contribution in [2.45, 2.75) is 12.6 Å². The highest BCUT2D eigenvalue weighted by atomic mass is 32.1. The fraction of sp³-hybridized carbons (Fsp3) is 0.200. The molecule has 0 saturated heterocycles. The molecule has 0 unspecified atom stereocenters. The number of nitrogens with two attached hydrogens (primary N) is 2. The third kappa shape index (κ3) is 3.17. The van der Waals surface area contributed by atoms with Crippen molar-refractivity contribution in [3.8, 4) is 5.00 Å². The first-order chi connectivity index (χ1) is 10.4. The number of tetrazole rings is 1. The van der Waals surface area contributed by atoms with E-state index in [-0.39, 0.29) is 0 Å². The van der Waals surface area contributed by atoms with Crippen LogP contribution >= 0.6 is 11.3 Å². The van der Waals surface area contributed by atoms with Gasteiger partial charge < -0.3 is 16.8 Å². The van der Waals surface area contributed by atoms with Crippen molar-refractivity contribution in [1.82, 2.24) is 25.1 Å². The van der Waals surface area contributed by atoms with Gasteiger partial charge in [-0.25, -0.2) is 4.79 Å². The number of rotatable bonds is 6. The van der Waals surface area contributed by atoms with Crippen molar-refractivity contribution in [1.29, 1.82) is 0 Å². The van der Waals surface area contributed by atoms with Gasteiger partial charge in [0.1, 0.15) is 11.5 Å². The molecule has 0 aromatic carbocycles. The Labute approximate surface area is 126 Å². The Morgan fingerprint density at radius 2 is 1.95 bits per heavy atom. The van der Waals surface area contributed by atoms with Crippen LogP contribution < -0.4 is 22.5 Å². The van der Waals surface area contributed by atoms with E-state index in [1.807, 2.05) is 5.32 Å². The molecule has 0 aliphatic rings. The Bertz CT molecular complexity index is 749. The molecule has 2 rings (SSSR count). The summed E-state index contributed by atoms with van der Waals surface area (Å²) < 4.78 is 1.78. The van der Waals surface area contributed by atoms with Gasteiger partial charge in [-0.15, -0.1) is 11.3 Å². The molecule has 2 aromatic heterocycles. The number of nitrogens with zero attached hydrogens (tertiary/aromatic N) is 4. The molecule has 0 spiro atoms. The Balaban J connectivity index is 2.11. The van der Waals surface area contributed by atoms with Crippen molar-refractivity contribution in [3.63, 3.8) is 0 Å². The summed E-state index contributed by atoms with van der Waals surface area (Å²) in [5.74, 6) is -3.03. The maximum Gasteiger partial charge on any atom is 0.369 e. The van der Waals surface area contributed by atoms with Gasteiger partial charge in [-0.05, 0) is 27.9 Å². The van der Waals surface area contributed by atoms with E-state index in [1.54, 1.807) is 17.5 Å². The molecule has 2 heterocycles. The van der Waals surface area contributed by atoms with Gasteiger partial charge >= 0.3 is 5.69 Å². The first-order valence-electron chi connectivity index (χ1n) is 5.85. The minimum Gasteiger partial charge on any atom is -0.367 e. The van der Waals surface area contributed by atoms with Crippen LogP contribution in [-0.2, 0) is 20.9 Å². The molecule has 0 atom stereocenters. The molecular formula is C10H11N7O4S. The summed E-state index contributed by atoms with van der Waals surface area (Å²) in [6, 6.07) is 1.72. The molecular weight excluding hydrogens is 314 g/mol. The SMILES string of the molecule is NC(=O)C(NC(=O)Cn1nnn(-c2cccs2)c1=O)C(N)=O. The lowest BCUT2D eigenvalue weighted by Gasteiger charge is -2.10. The maximum atomic E-state index is 12.0. The summed E-state index contributed by atoms with van der Waals surface area (Å²) in [7, 11) is 0. The summed E-state index contributed by atoms with van der Waals surface area (Å²) in [5.41, 5.74) is 9.20. The Morgan fingerprint density at radius 3 is 2.50 bits per heavy atom. The molecule has 11 nitrogen and oxygen atoms in total. The highest BCUT2D eigenvalue weighted by molar-refractivity contribution is 7.12. The molecule has 0 bridgehead atoms. The zero-order valence-electron chi connectivity index (χ0n) is 11.0. The zero-order valence-corrected chi connectivity index (χ0v) is 11.8. The van der Waals surface area contributed by atoms with Crippen LogP contribution in [0.5, 0.6) is 0 Å². The summed E-state index contributed by atoms with van der Waals surface area (Å²) in [5, 5.41) is 11.5. The Morgan fingerprint density at radius 1 is 1.27 bits per heavy atom. The van der Waals surface area contributed by atoms with Gasteiger partial charge in [-0.2, -0.15) is 9.36 Å². The molecule has 0 fully saturated rings. The number of thiophene rings is 1. The van der Waals surface area contributed by atoms with Crippen LogP contribution in [0.4, 0.5) is 0 Å². The smallest absolute Gasteiger partial charge is 0.367 e. The van der Waals surface area contributed by atoms with E-state index in [0.717, 1.165) is 9.36 Å². The van der Waals surface area contributed by atoms with E-state index in [4.69, 9.17) is 11.5 Å². The zero-order chi connectivity index (χ0) is 16.3. The summed E-state index contributed by atoms with van der Waals surface area (Å²) in [6.45, 7) is -0.540. The molecule has 5 N–H and O–H groups in total. The minimum atomic E-state index is -1.66. The van der Waals surface area contributed by atoms with E-state index in [0.29, 0.717) is 5.00 Å². The van der Waals surface area contributed by atoms with Gasteiger partial charge in [0.05, 0.1) is 0 Å². The number of carbonyl (C=O) groups excluding carboxylic acids is 3. The number of hydrogen-bond acceptors (Lipinski definition) is 7. The van der Waals surface area contributed by atoms with Gasteiger partial charge in [0.2, 0.25) is 17.7 Å². The summed E-state index contributed by atoms with van der Waals surface area (Å²) in [6.07, 6.45) is 0. The molecule has 0 aliphatic heterocycles. The lowest BCUT2D eigenvalue weighted by molar-refractivity contribution is -0.134. The van der Waals surface area contributed by atoms with Crippen molar-refractivity contribution in [2.75, 3.05) is 0 Å². The quantitative estimate of drug-likeness (QED) is 0.476. The van der Waals surface area contributed by atoms with E-state index in [1.165, 1.54) is 11.3 Å². The number of aromatic nitrogens is 4. The second-order valence-electron chi connectivity index (χ2n) is 4.09. The van der Waals surface area contributed by atoms with Gasteiger partial charge in [0.25, 0.3) is 0 Å². The van der Waals surface area contributed by atoms with E-state index >= 15 is 0 Å². The molecule has 116 valence electrons. The predicted molar refractivity (Wildman–Crippen MR) is 73.8 cm³/mol. The molecule has 2 aromatic rings. The number of primary amides is 2. The number of amides is 3. The van der Waals surface area contributed by atoms with Crippen LogP contribution in [0.1, 0.15) is 0 Å². The lowest BCUT2D eigenvalue weighted by atomic mass is 10.2. The molecule has 0 aliphatic carbocycles. The van der Waals surface area contributed by atoms with Crippen molar-refractivity contribution in [3.05, 3.63) is 28.0 Å². The standard InChI is InChI=1S/C10H11N7O4S/c11-8(19)7(9(12)20)13-5(18)4-16-10(21)17(15-14-16)6-2-1-3-22-6/h1-3,7H,4H2,(H2,11,19)(H2,12,20)(H,13,18). The van der Waals surface area contributed by atoms with Crippen molar-refractivity contribution in [2.24, 2.45) is 11.5 Å². The van der Waals surface area contributed by atoms with Crippen LogP contribution in [0.2, 0.25) is 0 Å². The maximum absolute atomic E-state index is 12.0. The third-order valence-electron chi connectivity index (χ3n) is 2.52. The minimum absolute atomic E-state index is 0.531. The van der Waals surface area contributed by atoms with Crippen LogP contribution in [0, 0.1) is 0 Å². The predicted octanol–water partition coefficient (Wildman–Crippen LogP) is -3.05. The monoisotopic (exact) mass is 325 g/mol. The average Bonchev–Trinajstić information content (AvgIpc) is 3.06. The van der Waals surface area contributed by atoms with Gasteiger partial charge in [-0.3, -0.25) is 14.4 Å². The van der Waals surface area contributed by atoms with Crippen molar-refractivity contribution >= 4 is 29.1 Å². The van der Waals surface area contributed by atoms with Crippen LogP contribution in [-0.4, -0.2) is 43.6 Å². The number of hydrogen-bond donors (Lipinski definition) is 3. The number of nitrogens with one attached hydrogen (secondary N) is 1.